The number of halogens is 2. The summed E-state index contributed by atoms with van der Waals surface area (Å²) >= 11 is 8.70. The molecule has 1 aromatic rings. The van der Waals surface area contributed by atoms with Crippen LogP contribution in [0.1, 0.15) is 0 Å². The highest BCUT2D eigenvalue weighted by Gasteiger charge is 1.84. The van der Waals surface area contributed by atoms with Crippen molar-refractivity contribution < 1.29 is 4.79 Å². The Bertz CT molecular complexity index is 168. The maximum Gasteiger partial charge on any atom is 0.106 e. The molecule has 0 N–H and O–H groups in total. The molecule has 54 valence electrons. The standard InChI is InChI=1S/C5H3BrClN.CH2O/c6-5-2-1-4(7)3-8-5;1-2/h1-3H;1H2. The number of hydrogen-bond acceptors (Lipinski definition) is 2. The maximum absolute atomic E-state index is 8.00. The Hall–Kier alpha value is -0.410. The zero-order valence-corrected chi connectivity index (χ0v) is 7.39. The van der Waals surface area contributed by atoms with Crippen LogP contribution in [-0.2, 0) is 4.79 Å². The first kappa shape index (κ1) is 9.59. The number of carbonyl (C=O) groups excluding carboxylic acids is 1. The fourth-order valence-electron chi connectivity index (χ4n) is 0.358. The van der Waals surface area contributed by atoms with Crippen LogP contribution in [0, 0.1) is 0 Å². The van der Waals surface area contributed by atoms with Crippen molar-refractivity contribution in [2.45, 2.75) is 0 Å². The molecule has 0 saturated carbocycles. The summed E-state index contributed by atoms with van der Waals surface area (Å²) in [5, 5.41) is 0.660. The number of nitrogens with zero attached hydrogens (tertiary/aromatic N) is 1. The van der Waals surface area contributed by atoms with Gasteiger partial charge in [-0.25, -0.2) is 4.98 Å². The highest BCUT2D eigenvalue weighted by atomic mass is 79.9. The molecular weight excluding hydrogens is 217 g/mol. The lowest BCUT2D eigenvalue weighted by Gasteiger charge is -1.85. The van der Waals surface area contributed by atoms with E-state index in [4.69, 9.17) is 16.4 Å². The summed E-state index contributed by atoms with van der Waals surface area (Å²) in [4.78, 5) is 11.9. The number of carbonyl (C=O) groups is 1. The van der Waals surface area contributed by atoms with Gasteiger partial charge in [0.05, 0.1) is 5.02 Å². The Morgan fingerprint density at radius 2 is 2.10 bits per heavy atom. The van der Waals surface area contributed by atoms with Gasteiger partial charge in [-0.1, -0.05) is 11.6 Å². The van der Waals surface area contributed by atoms with Gasteiger partial charge in [-0.15, -0.1) is 0 Å². The topological polar surface area (TPSA) is 30.0 Å². The van der Waals surface area contributed by atoms with Crippen molar-refractivity contribution in [3.8, 4) is 0 Å². The summed E-state index contributed by atoms with van der Waals surface area (Å²) in [6, 6.07) is 3.57. The van der Waals surface area contributed by atoms with Crippen LogP contribution >= 0.6 is 27.5 Å². The van der Waals surface area contributed by atoms with Crippen LogP contribution < -0.4 is 0 Å². The largest absolute Gasteiger partial charge is 0.307 e. The first-order valence-electron chi connectivity index (χ1n) is 2.35. The molecule has 0 bridgehead atoms. The lowest BCUT2D eigenvalue weighted by Crippen LogP contribution is -1.70. The third-order valence-corrected chi connectivity index (χ3v) is 1.38. The molecule has 10 heavy (non-hydrogen) atoms. The van der Waals surface area contributed by atoms with E-state index >= 15 is 0 Å². The molecule has 0 amide bonds. The summed E-state index contributed by atoms with van der Waals surface area (Å²) in [6.45, 7) is 2.00. The second-order valence-corrected chi connectivity index (χ2v) is 2.55. The van der Waals surface area contributed by atoms with E-state index in [1.165, 1.54) is 0 Å². The number of aromatic nitrogens is 1. The molecule has 1 heterocycles. The molecule has 0 aliphatic carbocycles. The van der Waals surface area contributed by atoms with E-state index in [2.05, 4.69) is 20.9 Å². The second-order valence-electron chi connectivity index (χ2n) is 1.30. The summed E-state index contributed by atoms with van der Waals surface area (Å²) in [5.41, 5.74) is 0. The van der Waals surface area contributed by atoms with E-state index in [-0.39, 0.29) is 0 Å². The molecular formula is C6H5BrClNO. The molecule has 0 radical (unpaired) electrons. The second kappa shape index (κ2) is 5.38. The third kappa shape index (κ3) is 3.58. The van der Waals surface area contributed by atoms with Crippen LogP contribution in [-0.4, -0.2) is 11.8 Å². The minimum absolute atomic E-state index is 0.660. The van der Waals surface area contributed by atoms with Crippen molar-refractivity contribution in [1.82, 2.24) is 4.98 Å². The van der Waals surface area contributed by atoms with Gasteiger partial charge in [-0.05, 0) is 28.1 Å². The zero-order valence-electron chi connectivity index (χ0n) is 5.05. The molecule has 0 aromatic carbocycles. The van der Waals surface area contributed by atoms with Gasteiger partial charge in [0.25, 0.3) is 0 Å². The quantitative estimate of drug-likeness (QED) is 0.631. The van der Waals surface area contributed by atoms with Crippen molar-refractivity contribution >= 4 is 34.3 Å². The molecule has 1 rings (SSSR count). The first-order chi connectivity index (χ1) is 4.79. The lowest BCUT2D eigenvalue weighted by molar-refractivity contribution is -0.0979. The first-order valence-corrected chi connectivity index (χ1v) is 3.52. The van der Waals surface area contributed by atoms with Crippen molar-refractivity contribution in [2.75, 3.05) is 0 Å². The Morgan fingerprint density at radius 3 is 2.40 bits per heavy atom. The smallest absolute Gasteiger partial charge is 0.106 e. The summed E-state index contributed by atoms with van der Waals surface area (Å²) in [5.74, 6) is 0. The van der Waals surface area contributed by atoms with Gasteiger partial charge in [0.2, 0.25) is 0 Å². The Labute approximate surface area is 72.4 Å². The molecule has 0 spiro atoms. The van der Waals surface area contributed by atoms with Crippen LogP contribution in [0.2, 0.25) is 5.02 Å². The van der Waals surface area contributed by atoms with Gasteiger partial charge in [-0.2, -0.15) is 0 Å². The SMILES string of the molecule is C=O.Clc1ccc(Br)nc1. The molecule has 0 aliphatic rings. The summed E-state index contributed by atoms with van der Waals surface area (Å²) < 4.78 is 0.807. The van der Waals surface area contributed by atoms with Gasteiger partial charge >= 0.3 is 0 Å². The van der Waals surface area contributed by atoms with E-state index < -0.39 is 0 Å². The molecule has 0 fully saturated rings. The zero-order chi connectivity index (χ0) is 7.98. The van der Waals surface area contributed by atoms with Crippen LogP contribution in [0.4, 0.5) is 0 Å². The minimum atomic E-state index is 0.660. The van der Waals surface area contributed by atoms with Crippen LogP contribution in [0.3, 0.4) is 0 Å². The molecule has 0 unspecified atom stereocenters. The van der Waals surface area contributed by atoms with Gasteiger partial charge in [0.15, 0.2) is 0 Å². The van der Waals surface area contributed by atoms with Gasteiger partial charge in [0, 0.05) is 6.20 Å². The fourth-order valence-corrected chi connectivity index (χ4v) is 0.704. The summed E-state index contributed by atoms with van der Waals surface area (Å²) in [6.07, 6.45) is 1.59. The van der Waals surface area contributed by atoms with Crippen LogP contribution in [0.25, 0.3) is 0 Å². The van der Waals surface area contributed by atoms with Crippen LogP contribution in [0.15, 0.2) is 22.9 Å². The molecule has 1 aromatic heterocycles. The van der Waals surface area contributed by atoms with Gasteiger partial charge in [0.1, 0.15) is 11.4 Å². The van der Waals surface area contributed by atoms with E-state index in [9.17, 15) is 0 Å². The molecule has 0 saturated heterocycles. The highest BCUT2D eigenvalue weighted by Crippen LogP contribution is 2.09. The van der Waals surface area contributed by atoms with E-state index in [0.29, 0.717) is 5.02 Å². The van der Waals surface area contributed by atoms with Crippen molar-refractivity contribution in [3.63, 3.8) is 0 Å². The number of rotatable bonds is 0. The Morgan fingerprint density at radius 1 is 1.50 bits per heavy atom. The van der Waals surface area contributed by atoms with Crippen molar-refractivity contribution in [3.05, 3.63) is 28.0 Å². The highest BCUT2D eigenvalue weighted by molar-refractivity contribution is 9.10. The molecule has 2 nitrogen and oxygen atoms in total. The summed E-state index contributed by atoms with van der Waals surface area (Å²) in [7, 11) is 0. The van der Waals surface area contributed by atoms with Gasteiger partial charge in [-0.3, -0.25) is 0 Å². The van der Waals surface area contributed by atoms with E-state index in [1.807, 2.05) is 6.79 Å². The monoisotopic (exact) mass is 221 g/mol. The van der Waals surface area contributed by atoms with Gasteiger partial charge < -0.3 is 4.79 Å². The molecule has 4 heteroatoms. The lowest BCUT2D eigenvalue weighted by atomic mass is 10.5. The number of hydrogen-bond donors (Lipinski definition) is 0. The molecule has 0 atom stereocenters. The minimum Gasteiger partial charge on any atom is -0.307 e. The van der Waals surface area contributed by atoms with Crippen molar-refractivity contribution in [2.24, 2.45) is 0 Å². The Balaban J connectivity index is 0.000000371. The Kier molecular flexibility index (Phi) is 5.16. The number of pyridine rings is 1. The average molecular weight is 222 g/mol. The predicted molar refractivity (Wildman–Crippen MR) is 44.1 cm³/mol. The average Bonchev–Trinajstić information content (AvgIpc) is 2.00. The molecule has 0 aliphatic heterocycles. The normalized spacial score (nSPS) is 7.80. The predicted octanol–water partition coefficient (Wildman–Crippen LogP) is 2.31. The van der Waals surface area contributed by atoms with E-state index in [1.54, 1.807) is 18.3 Å². The van der Waals surface area contributed by atoms with Crippen molar-refractivity contribution in [1.29, 1.82) is 0 Å². The maximum atomic E-state index is 8.00. The van der Waals surface area contributed by atoms with E-state index in [0.717, 1.165) is 4.60 Å². The third-order valence-electron chi connectivity index (χ3n) is 0.691. The fraction of sp³-hybridized carbons (Fsp3) is 0. The van der Waals surface area contributed by atoms with Crippen LogP contribution in [0.5, 0.6) is 0 Å².